The predicted molar refractivity (Wildman–Crippen MR) is 528 cm³/mol. The normalized spacial score (nSPS) is 13.0. The number of halogens is 4. The van der Waals surface area contributed by atoms with Gasteiger partial charge in [0.25, 0.3) is 0 Å². The summed E-state index contributed by atoms with van der Waals surface area (Å²) in [5.41, 5.74) is 19.7. The van der Waals surface area contributed by atoms with E-state index in [9.17, 15) is 57.2 Å². The molecule has 4 aliphatic carbocycles. The van der Waals surface area contributed by atoms with Crippen LogP contribution in [0.1, 0.15) is 156 Å². The van der Waals surface area contributed by atoms with Crippen molar-refractivity contribution in [3.63, 3.8) is 0 Å². The van der Waals surface area contributed by atoms with Gasteiger partial charge in [0.15, 0.2) is 23.3 Å². The van der Waals surface area contributed by atoms with Crippen molar-refractivity contribution >= 4 is 57.7 Å². The summed E-state index contributed by atoms with van der Waals surface area (Å²) in [4.78, 5) is 89.6. The highest BCUT2D eigenvalue weighted by molar-refractivity contribution is 5.95. The van der Waals surface area contributed by atoms with E-state index in [1.165, 1.54) is 54.1 Å². The van der Waals surface area contributed by atoms with E-state index in [2.05, 4.69) is 21.3 Å². The lowest BCUT2D eigenvalue weighted by Crippen LogP contribution is -2.21. The number of benzene rings is 13. The van der Waals surface area contributed by atoms with Gasteiger partial charge in [-0.2, -0.15) is 0 Å². The van der Waals surface area contributed by atoms with Gasteiger partial charge in [0, 0.05) is 35.1 Å². The number of nitrogens with zero attached hydrogens (tertiary/aromatic N) is 8. The van der Waals surface area contributed by atoms with E-state index in [0.717, 1.165) is 89.8 Å². The maximum atomic E-state index is 13.8. The molecule has 0 aliphatic heterocycles. The number of carbonyl (C=O) groups excluding carboxylic acids is 4. The Morgan fingerprint density at radius 1 is 0.259 bits per heavy atom. The Kier molecular flexibility index (Phi) is 29.0. The molecular weight excluding hydrogens is 1750 g/mol. The Labute approximate surface area is 800 Å². The molecular formula is C115H96F4N12O8. The predicted octanol–water partition coefficient (Wildman–Crippen LogP) is 20.9. The maximum Gasteiger partial charge on any atom is 0.229 e. The van der Waals surface area contributed by atoms with Gasteiger partial charge >= 0.3 is 0 Å². The third kappa shape index (κ3) is 22.5. The maximum absolute atomic E-state index is 13.8. The first kappa shape index (κ1) is 93.3. The molecule has 24 heteroatoms. The first-order chi connectivity index (χ1) is 67.8. The minimum Gasteiger partial charge on any atom is -0.382 e. The number of fused-ring (bicyclic) bond motifs is 13. The fraction of sp³-hybridized carbons (Fsp3) is 0.165. The largest absolute Gasteiger partial charge is 0.382 e. The summed E-state index contributed by atoms with van der Waals surface area (Å²) in [6.07, 6.45) is 3.55. The lowest BCUT2D eigenvalue weighted by molar-refractivity contribution is -0.117. The Balaban J connectivity index is 0.000000123. The number of hydrogen-bond acceptors (Lipinski definition) is 16. The fourth-order valence-electron chi connectivity index (χ4n) is 17.9. The molecule has 4 aromatic heterocycles. The van der Waals surface area contributed by atoms with E-state index in [0.29, 0.717) is 127 Å². The van der Waals surface area contributed by atoms with Crippen molar-refractivity contribution in [1.29, 1.82) is 0 Å². The van der Waals surface area contributed by atoms with Crippen molar-refractivity contribution in [3.05, 3.63) is 463 Å². The van der Waals surface area contributed by atoms with Gasteiger partial charge in [0.05, 0.1) is 58.4 Å². The standard InChI is InChI=1S/C31H24FN3O2.C29H26FN3O2.C28H24FN3O2.C27H22FN3O2/c32-24-13-14-25-23(18-24)12-15-26-28(25)35-29(30(37)21-7-2-1-3-8-21)31(33-26)34-27(36)17-19-10-11-20-6-4-5-9-22(20)16-19;30-22-15-16-23-21(18-22)14-17-24-26(23)33-27(28(35)20-11-5-2-6-12-20)29(31-24)32-25(34)13-7-10-19-8-3-1-4-9-19;29-21-13-14-22-20(17-21)12-15-23-25(22)32-26(27(34)19-9-5-2-6-10-19)28(30-23)31-24(33)16-11-18-7-3-1-4-8-18;28-20-12-13-21-19(16-20)11-14-22-24(21)31-25(26(33)18-9-5-2-6-10-18)27(29-22)30-23(32)15-17-7-3-1-4-8-17/h1-11,13-14,16,18,30,37H,12,15,17H2,(H,33,34,36);1-6,8-9,11-12,15-16,18,28,35H,7,10,13-14,17H2,(H,31,32,34);1-10,13-14,17,27,34H,11-12,15-16H2,(H,30,31,33);1-10,12-13,16,26,33H,11,14-15H2,(H,29,30,32). The van der Waals surface area contributed by atoms with Gasteiger partial charge in [-0.05, 0) is 221 Å². The van der Waals surface area contributed by atoms with Crippen molar-refractivity contribution in [3.8, 4) is 45.0 Å². The van der Waals surface area contributed by atoms with Crippen molar-refractivity contribution in [2.75, 3.05) is 21.3 Å². The van der Waals surface area contributed by atoms with Crippen molar-refractivity contribution in [1.82, 2.24) is 39.9 Å². The van der Waals surface area contributed by atoms with Crippen LogP contribution in [0.5, 0.6) is 0 Å². The van der Waals surface area contributed by atoms with Gasteiger partial charge in [0.1, 0.15) is 70.5 Å². The molecule has 692 valence electrons. The van der Waals surface area contributed by atoms with E-state index in [4.69, 9.17) is 39.9 Å². The number of aryl methyl sites for hydroxylation is 10. The lowest BCUT2D eigenvalue weighted by Gasteiger charge is -2.22. The van der Waals surface area contributed by atoms with Crippen molar-refractivity contribution in [2.24, 2.45) is 0 Å². The molecule has 4 amide bonds. The second-order valence-corrected chi connectivity index (χ2v) is 34.5. The molecule has 4 unspecified atom stereocenters. The zero-order valence-electron chi connectivity index (χ0n) is 75.6. The van der Waals surface area contributed by atoms with E-state index in [1.807, 2.05) is 206 Å². The van der Waals surface area contributed by atoms with Crippen molar-refractivity contribution < 1.29 is 57.2 Å². The second kappa shape index (κ2) is 43.3. The molecule has 0 saturated heterocycles. The lowest BCUT2D eigenvalue weighted by atomic mass is 9.91. The van der Waals surface area contributed by atoms with Crippen LogP contribution in [-0.4, -0.2) is 83.9 Å². The number of aliphatic hydroxyl groups is 4. The number of anilines is 4. The molecule has 4 aliphatic rings. The van der Waals surface area contributed by atoms with Crippen molar-refractivity contribution in [2.45, 2.75) is 121 Å². The summed E-state index contributed by atoms with van der Waals surface area (Å²) < 4.78 is 55.2. The van der Waals surface area contributed by atoms with E-state index in [-0.39, 0.29) is 112 Å². The number of aromatic nitrogens is 8. The number of aliphatic hydroxyl groups excluding tert-OH is 4. The van der Waals surface area contributed by atoms with Crippen LogP contribution in [0.15, 0.2) is 328 Å². The van der Waals surface area contributed by atoms with Crippen LogP contribution in [0.3, 0.4) is 0 Å². The minimum absolute atomic E-state index is 0.159. The number of rotatable bonds is 23. The molecule has 4 atom stereocenters. The highest BCUT2D eigenvalue weighted by atomic mass is 19.1. The molecule has 21 rings (SSSR count). The monoisotopic (exact) mass is 1850 g/mol. The average Bonchev–Trinajstić information content (AvgIpc) is 0.773. The van der Waals surface area contributed by atoms with Crippen LogP contribution in [0.2, 0.25) is 0 Å². The first-order valence-corrected chi connectivity index (χ1v) is 46.3. The fourth-order valence-corrected chi connectivity index (χ4v) is 17.9. The molecule has 0 saturated carbocycles. The Hall–Kier alpha value is -16.1. The van der Waals surface area contributed by atoms with Gasteiger partial charge in [-0.3, -0.25) is 19.2 Å². The summed E-state index contributed by atoms with van der Waals surface area (Å²) in [7, 11) is 0. The molecule has 139 heavy (non-hydrogen) atoms. The number of nitrogens with one attached hydrogen (secondary N) is 4. The minimum atomic E-state index is -1.10. The first-order valence-electron chi connectivity index (χ1n) is 46.3. The van der Waals surface area contributed by atoms with E-state index >= 15 is 0 Å². The molecule has 20 nitrogen and oxygen atoms in total. The summed E-state index contributed by atoms with van der Waals surface area (Å²) in [6, 6.07) is 98.3. The highest BCUT2D eigenvalue weighted by Crippen LogP contribution is 2.42. The molecule has 0 fully saturated rings. The second-order valence-electron chi connectivity index (χ2n) is 34.5. The molecule has 4 heterocycles. The average molecular weight is 1850 g/mol. The number of hydrogen-bond donors (Lipinski definition) is 8. The third-order valence-electron chi connectivity index (χ3n) is 24.9. The molecule has 17 aromatic rings. The summed E-state index contributed by atoms with van der Waals surface area (Å²) >= 11 is 0. The summed E-state index contributed by atoms with van der Waals surface area (Å²) in [6.45, 7) is 0. The van der Waals surface area contributed by atoms with E-state index in [1.54, 1.807) is 72.8 Å². The summed E-state index contributed by atoms with van der Waals surface area (Å²) in [5.74, 6) is -0.993. The summed E-state index contributed by atoms with van der Waals surface area (Å²) in [5, 5.41) is 58.5. The molecule has 13 aromatic carbocycles. The van der Waals surface area contributed by atoms with Gasteiger partial charge in [0.2, 0.25) is 23.6 Å². The van der Waals surface area contributed by atoms with Gasteiger partial charge in [-0.15, -0.1) is 0 Å². The number of amides is 4. The molecule has 0 bridgehead atoms. The van der Waals surface area contributed by atoms with Gasteiger partial charge in [-0.1, -0.05) is 255 Å². The zero-order valence-corrected chi connectivity index (χ0v) is 75.6. The van der Waals surface area contributed by atoms with Crippen LogP contribution < -0.4 is 21.3 Å². The zero-order chi connectivity index (χ0) is 95.8. The van der Waals surface area contributed by atoms with Crippen LogP contribution in [0, 0.1) is 23.3 Å². The Morgan fingerprint density at radius 2 is 0.532 bits per heavy atom. The van der Waals surface area contributed by atoms with Crippen LogP contribution in [-0.2, 0) is 96.2 Å². The topological polar surface area (TPSA) is 300 Å². The SMILES string of the molecule is O=C(CCCc1ccccc1)Nc1nc2c(nc1C(O)c1ccccc1)-c1ccc(F)cc1CC2.O=C(CCc1ccccc1)Nc1nc2c(nc1C(O)c1ccccc1)-c1ccc(F)cc1CC2.O=C(Cc1ccc2ccccc2c1)Nc1nc2c(nc1C(O)c1ccccc1)-c1ccc(F)cc1CC2.O=C(Cc1ccccc1)Nc1nc2c(nc1C(O)c1ccccc1)-c1ccc(F)cc1CC2. The van der Waals surface area contributed by atoms with Gasteiger partial charge < -0.3 is 41.7 Å². The molecule has 8 N–H and O–H groups in total. The van der Waals surface area contributed by atoms with Crippen LogP contribution in [0.4, 0.5) is 40.8 Å². The Morgan fingerprint density at radius 3 is 0.863 bits per heavy atom. The quantitative estimate of drug-likeness (QED) is 0.0276. The highest BCUT2D eigenvalue weighted by Gasteiger charge is 2.33. The smallest absolute Gasteiger partial charge is 0.229 e. The van der Waals surface area contributed by atoms with Crippen LogP contribution >= 0.6 is 0 Å². The van der Waals surface area contributed by atoms with E-state index < -0.39 is 24.4 Å². The third-order valence-corrected chi connectivity index (χ3v) is 24.9. The van der Waals surface area contributed by atoms with Crippen LogP contribution in [0.25, 0.3) is 55.8 Å². The Bertz CT molecular complexity index is 7350. The molecule has 0 spiro atoms. The van der Waals surface area contributed by atoms with Gasteiger partial charge in [-0.25, -0.2) is 57.4 Å². The molecule has 0 radical (unpaired) electrons. The number of carbonyl (C=O) groups is 4.